The van der Waals surface area contributed by atoms with Crippen molar-refractivity contribution in [2.45, 2.75) is 45.6 Å². The predicted octanol–water partition coefficient (Wildman–Crippen LogP) is 5.79. The van der Waals surface area contributed by atoms with Crippen molar-refractivity contribution >= 4 is 28.4 Å². The summed E-state index contributed by atoms with van der Waals surface area (Å²) in [4.78, 5) is 17.5. The molecule has 0 saturated carbocycles. The van der Waals surface area contributed by atoms with E-state index in [-0.39, 0.29) is 17.2 Å². The van der Waals surface area contributed by atoms with Crippen LogP contribution >= 0.6 is 11.6 Å². The summed E-state index contributed by atoms with van der Waals surface area (Å²) in [6.45, 7) is 8.65. The number of nitrogens with one attached hydrogen (secondary N) is 1. The van der Waals surface area contributed by atoms with Crippen LogP contribution in [0.3, 0.4) is 0 Å². The van der Waals surface area contributed by atoms with Crippen molar-refractivity contribution in [3.8, 4) is 5.69 Å². The molecule has 1 unspecified atom stereocenters. The van der Waals surface area contributed by atoms with Gasteiger partial charge in [0.25, 0.3) is 0 Å². The van der Waals surface area contributed by atoms with Crippen LogP contribution in [0.15, 0.2) is 66.9 Å². The molecule has 1 amide bonds. The molecule has 2 aromatic heterocycles. The van der Waals surface area contributed by atoms with Crippen molar-refractivity contribution in [3.63, 3.8) is 0 Å². The summed E-state index contributed by atoms with van der Waals surface area (Å²) >= 11 is 6.21. The number of nitrogens with zero attached hydrogens (tertiary/aromatic N) is 3. The number of fused-ring (bicyclic) bond motifs is 1. The minimum Gasteiger partial charge on any atom is -0.350 e. The van der Waals surface area contributed by atoms with Gasteiger partial charge in [0.1, 0.15) is 0 Å². The third-order valence-corrected chi connectivity index (χ3v) is 5.82. The maximum atomic E-state index is 13.1. The van der Waals surface area contributed by atoms with Gasteiger partial charge in [-0.3, -0.25) is 9.78 Å². The van der Waals surface area contributed by atoms with E-state index in [9.17, 15) is 4.79 Å². The molecule has 2 heterocycles. The van der Waals surface area contributed by atoms with Crippen molar-refractivity contribution < 1.29 is 4.79 Å². The third kappa shape index (κ3) is 4.53. The highest BCUT2D eigenvalue weighted by Gasteiger charge is 2.22. The number of pyridine rings is 1. The first-order valence-electron chi connectivity index (χ1n) is 10.7. The molecule has 0 radical (unpaired) electrons. The first kappa shape index (κ1) is 22.0. The first-order valence-corrected chi connectivity index (χ1v) is 11.1. The molecule has 0 aliphatic rings. The maximum absolute atomic E-state index is 13.1. The molecule has 5 nitrogen and oxygen atoms in total. The van der Waals surface area contributed by atoms with E-state index in [1.165, 1.54) is 0 Å². The molecule has 0 saturated heterocycles. The number of amides is 1. The number of hydrogen-bond donors (Lipinski definition) is 1. The van der Waals surface area contributed by atoms with Gasteiger partial charge >= 0.3 is 0 Å². The van der Waals surface area contributed by atoms with Gasteiger partial charge in [-0.25, -0.2) is 4.68 Å². The lowest BCUT2D eigenvalue weighted by Gasteiger charge is -2.15. The fourth-order valence-corrected chi connectivity index (χ4v) is 3.90. The van der Waals surface area contributed by atoms with E-state index in [0.29, 0.717) is 11.6 Å². The van der Waals surface area contributed by atoms with Crippen LogP contribution in [0.5, 0.6) is 0 Å². The molecule has 164 valence electrons. The topological polar surface area (TPSA) is 59.8 Å². The van der Waals surface area contributed by atoms with E-state index in [1.54, 1.807) is 6.20 Å². The van der Waals surface area contributed by atoms with Crippen molar-refractivity contribution in [3.05, 3.63) is 88.8 Å². The molecule has 0 aliphatic carbocycles. The second-order valence-electron chi connectivity index (χ2n) is 9.02. The fraction of sp³-hybridized carbons (Fsp3) is 0.269. The summed E-state index contributed by atoms with van der Waals surface area (Å²) < 4.78 is 1.86. The molecule has 6 heteroatoms. The summed E-state index contributed by atoms with van der Waals surface area (Å²) in [5.41, 5.74) is 4.45. The summed E-state index contributed by atoms with van der Waals surface area (Å²) in [5, 5.41) is 9.55. The lowest BCUT2D eigenvalue weighted by atomic mass is 9.92. The Bertz CT molecular complexity index is 1270. The number of aromatic nitrogens is 3. The zero-order valence-electron chi connectivity index (χ0n) is 18.8. The minimum absolute atomic E-state index is 0.0440. The number of halogens is 1. The van der Waals surface area contributed by atoms with Crippen LogP contribution in [0.25, 0.3) is 16.6 Å². The Balaban J connectivity index is 1.60. The Morgan fingerprint density at radius 3 is 2.62 bits per heavy atom. The van der Waals surface area contributed by atoms with Gasteiger partial charge in [0, 0.05) is 22.0 Å². The third-order valence-electron chi connectivity index (χ3n) is 5.59. The number of carbonyl (C=O) groups excluding carboxylic acids is 1. The van der Waals surface area contributed by atoms with Crippen LogP contribution < -0.4 is 5.32 Å². The van der Waals surface area contributed by atoms with Gasteiger partial charge in [-0.15, -0.1) is 0 Å². The van der Waals surface area contributed by atoms with Gasteiger partial charge in [-0.1, -0.05) is 56.6 Å². The van der Waals surface area contributed by atoms with Crippen LogP contribution in [0.1, 0.15) is 50.6 Å². The first-order chi connectivity index (χ1) is 15.2. The Kier molecular flexibility index (Phi) is 6.02. The molecule has 0 fully saturated rings. The largest absolute Gasteiger partial charge is 0.350 e. The second kappa shape index (κ2) is 8.75. The van der Waals surface area contributed by atoms with E-state index < -0.39 is 0 Å². The van der Waals surface area contributed by atoms with E-state index in [1.807, 2.05) is 72.3 Å². The molecule has 32 heavy (non-hydrogen) atoms. The van der Waals surface area contributed by atoms with Crippen molar-refractivity contribution in [1.82, 2.24) is 20.1 Å². The van der Waals surface area contributed by atoms with Crippen LogP contribution in [0, 0.1) is 0 Å². The smallest absolute Gasteiger partial charge is 0.227 e. The van der Waals surface area contributed by atoms with Crippen LogP contribution in [0.2, 0.25) is 5.02 Å². The molecule has 0 aliphatic heterocycles. The zero-order chi connectivity index (χ0) is 22.9. The molecule has 0 bridgehead atoms. The normalized spacial score (nSPS) is 12.7. The summed E-state index contributed by atoms with van der Waals surface area (Å²) in [6, 6.07) is 19.4. The average Bonchev–Trinajstić information content (AvgIpc) is 3.21. The Hall–Kier alpha value is -3.18. The Morgan fingerprint density at radius 2 is 1.88 bits per heavy atom. The monoisotopic (exact) mass is 446 g/mol. The Labute approximate surface area is 193 Å². The molecule has 1 atom stereocenters. The SMILES string of the molecule is CC(C(=O)NCc1cc(C(C)(C)C)nn1-c1cccc(Cl)c1)c1cccc2ncccc12. The van der Waals surface area contributed by atoms with Crippen LogP contribution in [0.4, 0.5) is 0 Å². The van der Waals surface area contributed by atoms with Crippen LogP contribution in [-0.2, 0) is 16.8 Å². The van der Waals surface area contributed by atoms with Gasteiger partial charge in [0.15, 0.2) is 0 Å². The van der Waals surface area contributed by atoms with Crippen molar-refractivity contribution in [2.24, 2.45) is 0 Å². The summed E-state index contributed by atoms with van der Waals surface area (Å²) in [5.74, 6) is -0.356. The highest BCUT2D eigenvalue weighted by atomic mass is 35.5. The second-order valence-corrected chi connectivity index (χ2v) is 9.46. The lowest BCUT2D eigenvalue weighted by molar-refractivity contribution is -0.122. The predicted molar refractivity (Wildman–Crippen MR) is 129 cm³/mol. The van der Waals surface area contributed by atoms with Crippen LogP contribution in [-0.4, -0.2) is 20.7 Å². The number of hydrogen-bond acceptors (Lipinski definition) is 3. The van der Waals surface area contributed by atoms with Gasteiger partial charge < -0.3 is 5.32 Å². The molecular weight excluding hydrogens is 420 g/mol. The highest BCUT2D eigenvalue weighted by molar-refractivity contribution is 6.30. The highest BCUT2D eigenvalue weighted by Crippen LogP contribution is 2.26. The maximum Gasteiger partial charge on any atom is 0.227 e. The van der Waals surface area contributed by atoms with Gasteiger partial charge in [0.2, 0.25) is 5.91 Å². The fourth-order valence-electron chi connectivity index (χ4n) is 3.72. The van der Waals surface area contributed by atoms with E-state index >= 15 is 0 Å². The lowest BCUT2D eigenvalue weighted by Crippen LogP contribution is -2.28. The quantitative estimate of drug-likeness (QED) is 0.422. The number of benzene rings is 2. The number of rotatable bonds is 5. The summed E-state index contributed by atoms with van der Waals surface area (Å²) in [6.07, 6.45) is 1.76. The van der Waals surface area contributed by atoms with E-state index in [0.717, 1.165) is 33.5 Å². The average molecular weight is 447 g/mol. The molecule has 0 spiro atoms. The zero-order valence-corrected chi connectivity index (χ0v) is 19.5. The minimum atomic E-state index is -0.312. The van der Waals surface area contributed by atoms with Gasteiger partial charge in [-0.05, 0) is 48.9 Å². The van der Waals surface area contributed by atoms with Crippen molar-refractivity contribution in [1.29, 1.82) is 0 Å². The van der Waals surface area contributed by atoms with E-state index in [2.05, 4.69) is 31.1 Å². The van der Waals surface area contributed by atoms with Crippen molar-refractivity contribution in [2.75, 3.05) is 0 Å². The molecule has 4 rings (SSSR count). The molecule has 1 N–H and O–H groups in total. The standard InChI is InChI=1S/C26H27ClN4O/c1-17(21-10-6-12-23-22(21)11-7-13-28-23)25(32)29-16-20-15-24(26(2,3)4)30-31(20)19-9-5-8-18(27)14-19/h5-15,17H,16H2,1-4H3,(H,29,32). The summed E-state index contributed by atoms with van der Waals surface area (Å²) in [7, 11) is 0. The van der Waals surface area contributed by atoms with E-state index in [4.69, 9.17) is 16.7 Å². The number of carbonyl (C=O) groups is 1. The molecular formula is C26H27ClN4O. The Morgan fingerprint density at radius 1 is 1.09 bits per heavy atom. The van der Waals surface area contributed by atoms with Gasteiger partial charge in [-0.2, -0.15) is 5.10 Å². The van der Waals surface area contributed by atoms with Gasteiger partial charge in [0.05, 0.1) is 35.1 Å². The molecule has 4 aromatic rings. The molecule has 2 aromatic carbocycles.